The molecule has 2 aromatic heterocycles. The molecule has 0 radical (unpaired) electrons. The minimum absolute atomic E-state index is 0.0160. The smallest absolute Gasteiger partial charge is 0.227 e. The van der Waals surface area contributed by atoms with Gasteiger partial charge in [0.05, 0.1) is 24.4 Å². The maximum atomic E-state index is 13.5. The number of carbonyl (C=O) groups excluding carboxylic acids is 1. The third kappa shape index (κ3) is 3.67. The molecule has 1 fully saturated rings. The van der Waals surface area contributed by atoms with Crippen LogP contribution < -0.4 is 0 Å². The fourth-order valence-corrected chi connectivity index (χ4v) is 3.99. The zero-order valence-corrected chi connectivity index (χ0v) is 15.9. The molecule has 0 bridgehead atoms. The second kappa shape index (κ2) is 7.92. The predicted molar refractivity (Wildman–Crippen MR) is 105 cm³/mol. The molecule has 1 aliphatic rings. The fraction of sp³-hybridized carbons (Fsp3) is 0.318. The van der Waals surface area contributed by atoms with Gasteiger partial charge in [-0.15, -0.1) is 0 Å². The van der Waals surface area contributed by atoms with Crippen molar-refractivity contribution in [2.24, 2.45) is 0 Å². The first-order valence-electron chi connectivity index (χ1n) is 9.61. The van der Waals surface area contributed by atoms with E-state index in [-0.39, 0.29) is 24.2 Å². The van der Waals surface area contributed by atoms with Crippen LogP contribution in [0, 0.1) is 12.7 Å². The topological polar surface area (TPSA) is 61.9 Å². The van der Waals surface area contributed by atoms with Gasteiger partial charge in [-0.1, -0.05) is 12.1 Å². The number of benzene rings is 1. The summed E-state index contributed by atoms with van der Waals surface area (Å²) in [6.07, 6.45) is 8.54. The van der Waals surface area contributed by atoms with Gasteiger partial charge >= 0.3 is 0 Å². The standard InChI is InChI=1S/C22H23FN4O/c1-15-13-24-9-8-18(15)19-14-25-26-22(19)20-7-2-3-10-27(20)21(28)12-16-5-4-6-17(23)11-16/h4-6,8-9,11,13-14,20H,2-3,7,10,12H2,1H3,(H,25,26)/t20-/m0/s1. The summed E-state index contributed by atoms with van der Waals surface area (Å²) in [6.45, 7) is 2.72. The highest BCUT2D eigenvalue weighted by atomic mass is 19.1. The molecule has 1 aliphatic heterocycles. The van der Waals surface area contributed by atoms with Crippen LogP contribution in [0.5, 0.6) is 0 Å². The summed E-state index contributed by atoms with van der Waals surface area (Å²) in [7, 11) is 0. The van der Waals surface area contributed by atoms with Crippen molar-refractivity contribution in [2.75, 3.05) is 6.54 Å². The van der Waals surface area contributed by atoms with E-state index in [1.54, 1.807) is 18.3 Å². The molecule has 1 saturated heterocycles. The lowest BCUT2D eigenvalue weighted by atomic mass is 9.93. The Labute approximate surface area is 163 Å². The number of H-pyrrole nitrogens is 1. The molecule has 6 heteroatoms. The molecule has 3 aromatic rings. The number of aryl methyl sites for hydroxylation is 1. The molecule has 1 amide bonds. The van der Waals surface area contributed by atoms with Crippen molar-refractivity contribution >= 4 is 5.91 Å². The molecular weight excluding hydrogens is 355 g/mol. The molecule has 5 nitrogen and oxygen atoms in total. The van der Waals surface area contributed by atoms with Crippen molar-refractivity contribution in [3.8, 4) is 11.1 Å². The summed E-state index contributed by atoms with van der Waals surface area (Å²) in [5, 5.41) is 7.41. The lowest BCUT2D eigenvalue weighted by Crippen LogP contribution is -2.39. The third-order valence-electron chi connectivity index (χ3n) is 5.38. The minimum Gasteiger partial charge on any atom is -0.334 e. The normalized spacial score (nSPS) is 16.9. The summed E-state index contributed by atoms with van der Waals surface area (Å²) in [6, 6.07) is 8.18. The van der Waals surface area contributed by atoms with Crippen LogP contribution in [0.2, 0.25) is 0 Å². The molecule has 1 atom stereocenters. The highest BCUT2D eigenvalue weighted by Gasteiger charge is 2.31. The van der Waals surface area contributed by atoms with Crippen molar-refractivity contribution in [1.82, 2.24) is 20.1 Å². The molecule has 28 heavy (non-hydrogen) atoms. The first kappa shape index (κ1) is 18.3. The number of rotatable bonds is 4. The lowest BCUT2D eigenvalue weighted by molar-refractivity contribution is -0.134. The number of hydrogen-bond acceptors (Lipinski definition) is 3. The van der Waals surface area contributed by atoms with E-state index in [1.807, 2.05) is 30.3 Å². The van der Waals surface area contributed by atoms with Crippen LogP contribution in [-0.2, 0) is 11.2 Å². The number of aromatic amines is 1. The van der Waals surface area contributed by atoms with E-state index in [0.717, 1.165) is 41.6 Å². The van der Waals surface area contributed by atoms with Gasteiger partial charge in [-0.05, 0) is 61.1 Å². The Balaban J connectivity index is 1.63. The van der Waals surface area contributed by atoms with Gasteiger partial charge in [0, 0.05) is 24.5 Å². The zero-order chi connectivity index (χ0) is 19.5. The van der Waals surface area contributed by atoms with E-state index >= 15 is 0 Å². The van der Waals surface area contributed by atoms with Gasteiger partial charge in [-0.2, -0.15) is 5.10 Å². The quantitative estimate of drug-likeness (QED) is 0.740. The number of halogens is 1. The molecule has 144 valence electrons. The number of piperidine rings is 1. The number of amides is 1. The Hall–Kier alpha value is -3.02. The van der Waals surface area contributed by atoms with Crippen LogP contribution in [0.15, 0.2) is 48.9 Å². The third-order valence-corrected chi connectivity index (χ3v) is 5.38. The Morgan fingerprint density at radius 1 is 1.25 bits per heavy atom. The van der Waals surface area contributed by atoms with E-state index in [0.29, 0.717) is 12.1 Å². The Morgan fingerprint density at radius 2 is 2.14 bits per heavy atom. The molecule has 0 spiro atoms. The van der Waals surface area contributed by atoms with Crippen LogP contribution in [0.3, 0.4) is 0 Å². The average molecular weight is 378 g/mol. The van der Waals surface area contributed by atoms with E-state index in [2.05, 4.69) is 15.2 Å². The van der Waals surface area contributed by atoms with Gasteiger partial charge in [0.2, 0.25) is 5.91 Å². The van der Waals surface area contributed by atoms with E-state index in [9.17, 15) is 9.18 Å². The van der Waals surface area contributed by atoms with Gasteiger partial charge in [0.15, 0.2) is 0 Å². The number of nitrogens with zero attached hydrogens (tertiary/aromatic N) is 3. The first-order chi connectivity index (χ1) is 13.6. The molecule has 1 aromatic carbocycles. The molecule has 1 N–H and O–H groups in total. The van der Waals surface area contributed by atoms with Gasteiger partial charge in [0.25, 0.3) is 0 Å². The molecular formula is C22H23FN4O. The summed E-state index contributed by atoms with van der Waals surface area (Å²) < 4.78 is 13.5. The summed E-state index contributed by atoms with van der Waals surface area (Å²) in [4.78, 5) is 19.1. The molecule has 0 unspecified atom stereocenters. The molecule has 0 saturated carbocycles. The monoisotopic (exact) mass is 378 g/mol. The van der Waals surface area contributed by atoms with Crippen LogP contribution in [0.1, 0.15) is 42.1 Å². The molecule has 4 rings (SSSR count). The maximum absolute atomic E-state index is 13.5. The number of carbonyl (C=O) groups is 1. The van der Waals surface area contributed by atoms with Crippen molar-refractivity contribution in [1.29, 1.82) is 0 Å². The van der Waals surface area contributed by atoms with E-state index < -0.39 is 0 Å². The first-order valence-corrected chi connectivity index (χ1v) is 9.61. The summed E-state index contributed by atoms with van der Waals surface area (Å²) in [5.41, 5.74) is 4.81. The fourth-order valence-electron chi connectivity index (χ4n) is 3.99. The van der Waals surface area contributed by atoms with Crippen molar-refractivity contribution in [3.63, 3.8) is 0 Å². The van der Waals surface area contributed by atoms with Crippen LogP contribution in [0.4, 0.5) is 4.39 Å². The number of likely N-dealkylation sites (tertiary alicyclic amines) is 1. The average Bonchev–Trinajstić information content (AvgIpc) is 3.18. The highest BCUT2D eigenvalue weighted by molar-refractivity contribution is 5.80. The van der Waals surface area contributed by atoms with Crippen LogP contribution in [0.25, 0.3) is 11.1 Å². The van der Waals surface area contributed by atoms with Gasteiger partial charge in [0.1, 0.15) is 5.82 Å². The number of pyridine rings is 1. The second-order valence-corrected chi connectivity index (χ2v) is 7.29. The number of hydrogen-bond donors (Lipinski definition) is 1. The zero-order valence-electron chi connectivity index (χ0n) is 15.9. The summed E-state index contributed by atoms with van der Waals surface area (Å²) in [5.74, 6) is -0.299. The Bertz CT molecular complexity index is 984. The van der Waals surface area contributed by atoms with E-state index in [1.165, 1.54) is 12.1 Å². The summed E-state index contributed by atoms with van der Waals surface area (Å²) >= 11 is 0. The van der Waals surface area contributed by atoms with Gasteiger partial charge in [-0.3, -0.25) is 14.9 Å². The van der Waals surface area contributed by atoms with Gasteiger partial charge < -0.3 is 4.90 Å². The van der Waals surface area contributed by atoms with Crippen molar-refractivity contribution < 1.29 is 9.18 Å². The van der Waals surface area contributed by atoms with E-state index in [4.69, 9.17) is 0 Å². The SMILES string of the molecule is Cc1cnccc1-c1cn[nH]c1[C@@H]1CCCCN1C(=O)Cc1cccc(F)c1. The highest BCUT2D eigenvalue weighted by Crippen LogP contribution is 2.36. The number of aromatic nitrogens is 3. The maximum Gasteiger partial charge on any atom is 0.227 e. The van der Waals surface area contributed by atoms with Crippen LogP contribution in [-0.4, -0.2) is 32.5 Å². The van der Waals surface area contributed by atoms with Crippen LogP contribution >= 0.6 is 0 Å². The van der Waals surface area contributed by atoms with Gasteiger partial charge in [-0.25, -0.2) is 4.39 Å². The molecule has 0 aliphatic carbocycles. The second-order valence-electron chi connectivity index (χ2n) is 7.29. The Kier molecular flexibility index (Phi) is 5.19. The molecule has 3 heterocycles. The number of nitrogens with one attached hydrogen (secondary N) is 1. The predicted octanol–water partition coefficient (Wildman–Crippen LogP) is 4.22. The largest absolute Gasteiger partial charge is 0.334 e. The minimum atomic E-state index is -0.315. The van der Waals surface area contributed by atoms with Crippen molar-refractivity contribution in [2.45, 2.75) is 38.6 Å². The lowest BCUT2D eigenvalue weighted by Gasteiger charge is -2.36. The Morgan fingerprint density at radius 3 is 2.96 bits per heavy atom. The van der Waals surface area contributed by atoms with Crippen molar-refractivity contribution in [3.05, 3.63) is 71.6 Å².